The van der Waals surface area contributed by atoms with Crippen LogP contribution >= 0.6 is 0 Å². The predicted molar refractivity (Wildman–Crippen MR) is 83.6 cm³/mol. The first-order valence-corrected chi connectivity index (χ1v) is 8.25. The van der Waals surface area contributed by atoms with E-state index in [0.29, 0.717) is 16.7 Å². The van der Waals surface area contributed by atoms with Crippen LogP contribution < -0.4 is 4.18 Å². The van der Waals surface area contributed by atoms with E-state index in [1.54, 1.807) is 25.1 Å². The summed E-state index contributed by atoms with van der Waals surface area (Å²) in [7, 11) is -4.47. The molecule has 0 saturated carbocycles. The second-order valence-corrected chi connectivity index (χ2v) is 6.62. The number of carbonyl (C=O) groups excluding carboxylic acids is 1. The molecule has 0 saturated heterocycles. The van der Waals surface area contributed by atoms with Crippen LogP contribution in [0.15, 0.2) is 42.5 Å². The Morgan fingerprint density at radius 1 is 1.00 bits per heavy atom. The minimum absolute atomic E-state index is 0.317. The van der Waals surface area contributed by atoms with Crippen molar-refractivity contribution in [3.05, 3.63) is 53.6 Å². The smallest absolute Gasteiger partial charge is 0.465 e. The molecule has 2 aromatic rings. The average molecular weight is 374 g/mol. The normalized spacial score (nSPS) is 11.9. The maximum absolute atomic E-state index is 12.3. The number of esters is 1. The minimum Gasteiger partial charge on any atom is -0.465 e. The van der Waals surface area contributed by atoms with Crippen LogP contribution in [0.25, 0.3) is 11.1 Å². The van der Waals surface area contributed by atoms with Gasteiger partial charge in [-0.2, -0.15) is 21.6 Å². The summed E-state index contributed by atoms with van der Waals surface area (Å²) >= 11 is 0. The van der Waals surface area contributed by atoms with Gasteiger partial charge in [0.2, 0.25) is 0 Å². The van der Waals surface area contributed by atoms with Gasteiger partial charge in [-0.3, -0.25) is 0 Å². The van der Waals surface area contributed by atoms with Gasteiger partial charge in [-0.05, 0) is 47.9 Å². The highest BCUT2D eigenvalue weighted by atomic mass is 32.2. The molecule has 0 aromatic heterocycles. The molecule has 0 spiro atoms. The van der Waals surface area contributed by atoms with Gasteiger partial charge in [0.05, 0.1) is 12.7 Å². The fraction of sp³-hybridized carbons (Fsp3) is 0.188. The molecule has 2 aromatic carbocycles. The lowest BCUT2D eigenvalue weighted by Gasteiger charge is -2.10. The van der Waals surface area contributed by atoms with Crippen molar-refractivity contribution in [2.75, 3.05) is 7.11 Å². The van der Waals surface area contributed by atoms with Gasteiger partial charge in [0, 0.05) is 0 Å². The molecule has 0 heterocycles. The van der Waals surface area contributed by atoms with E-state index in [-0.39, 0.29) is 0 Å². The van der Waals surface area contributed by atoms with Gasteiger partial charge in [0.25, 0.3) is 0 Å². The molecule has 0 N–H and O–H groups in total. The monoisotopic (exact) mass is 374 g/mol. The van der Waals surface area contributed by atoms with Gasteiger partial charge in [-0.1, -0.05) is 18.2 Å². The first kappa shape index (κ1) is 18.8. The SMILES string of the molecule is COC(=O)c1cc(C)cc(-c2ccc(OS(=O)(=O)C(F)(F)F)cc2)c1. The molecular weight excluding hydrogens is 361 g/mol. The lowest BCUT2D eigenvalue weighted by Crippen LogP contribution is -2.28. The molecular formula is C16H13F3O5S. The number of halogens is 3. The summed E-state index contributed by atoms with van der Waals surface area (Å²) in [6.07, 6.45) is 0. The Balaban J connectivity index is 2.32. The van der Waals surface area contributed by atoms with Gasteiger partial charge in [-0.25, -0.2) is 4.79 Å². The molecule has 0 aliphatic rings. The first-order chi connectivity index (χ1) is 11.5. The van der Waals surface area contributed by atoms with E-state index in [4.69, 9.17) is 0 Å². The molecule has 134 valence electrons. The van der Waals surface area contributed by atoms with Crippen LogP contribution in [0.2, 0.25) is 0 Å². The fourth-order valence-corrected chi connectivity index (χ4v) is 2.52. The summed E-state index contributed by atoms with van der Waals surface area (Å²) in [4.78, 5) is 11.6. The van der Waals surface area contributed by atoms with Crippen LogP contribution in [-0.2, 0) is 14.9 Å². The molecule has 0 aliphatic heterocycles. The Hall–Kier alpha value is -2.55. The Labute approximate surface area is 142 Å². The van der Waals surface area contributed by atoms with Crippen LogP contribution in [0.5, 0.6) is 5.75 Å². The molecule has 0 amide bonds. The molecule has 0 bridgehead atoms. The van der Waals surface area contributed by atoms with Crippen LogP contribution in [0.4, 0.5) is 13.2 Å². The van der Waals surface area contributed by atoms with Crippen molar-refractivity contribution in [2.45, 2.75) is 12.4 Å². The minimum atomic E-state index is -5.72. The highest BCUT2D eigenvalue weighted by molar-refractivity contribution is 7.88. The zero-order valence-corrected chi connectivity index (χ0v) is 13.9. The van der Waals surface area contributed by atoms with Crippen LogP contribution in [0.3, 0.4) is 0 Å². The third kappa shape index (κ3) is 4.30. The molecule has 25 heavy (non-hydrogen) atoms. The predicted octanol–water partition coefficient (Wildman–Crippen LogP) is 3.68. The lowest BCUT2D eigenvalue weighted by atomic mass is 10.0. The maximum atomic E-state index is 12.3. The maximum Gasteiger partial charge on any atom is 0.534 e. The number of carbonyl (C=O) groups is 1. The second kappa shape index (κ2) is 6.75. The number of benzene rings is 2. The van der Waals surface area contributed by atoms with Crippen molar-refractivity contribution in [2.24, 2.45) is 0 Å². The summed E-state index contributed by atoms with van der Waals surface area (Å²) in [5.74, 6) is -0.997. The van der Waals surface area contributed by atoms with Gasteiger partial charge in [-0.15, -0.1) is 0 Å². The number of ether oxygens (including phenoxy) is 1. The Morgan fingerprint density at radius 3 is 2.12 bits per heavy atom. The van der Waals surface area contributed by atoms with E-state index in [2.05, 4.69) is 8.92 Å². The van der Waals surface area contributed by atoms with Gasteiger partial charge in [0.1, 0.15) is 5.75 Å². The summed E-state index contributed by atoms with van der Waals surface area (Å²) in [6, 6.07) is 9.91. The van der Waals surface area contributed by atoms with E-state index in [1.807, 2.05) is 0 Å². The largest absolute Gasteiger partial charge is 0.534 e. The number of aryl methyl sites for hydroxylation is 1. The molecule has 5 nitrogen and oxygen atoms in total. The third-order valence-electron chi connectivity index (χ3n) is 3.18. The number of methoxy groups -OCH3 is 1. The van der Waals surface area contributed by atoms with E-state index in [1.165, 1.54) is 19.2 Å². The van der Waals surface area contributed by atoms with Crippen LogP contribution in [0, 0.1) is 6.92 Å². The zero-order chi connectivity index (χ0) is 18.8. The highest BCUT2D eigenvalue weighted by Crippen LogP contribution is 2.29. The van der Waals surface area contributed by atoms with Gasteiger partial charge in [0.15, 0.2) is 0 Å². The number of hydrogen-bond acceptors (Lipinski definition) is 5. The van der Waals surface area contributed by atoms with Crippen molar-refractivity contribution in [3.8, 4) is 16.9 Å². The lowest BCUT2D eigenvalue weighted by molar-refractivity contribution is -0.0500. The summed E-state index contributed by atoms with van der Waals surface area (Å²) < 4.78 is 67.6. The van der Waals surface area contributed by atoms with E-state index < -0.39 is 27.3 Å². The number of alkyl halides is 3. The summed E-state index contributed by atoms with van der Waals surface area (Å²) in [6.45, 7) is 1.77. The van der Waals surface area contributed by atoms with E-state index >= 15 is 0 Å². The third-order valence-corrected chi connectivity index (χ3v) is 4.15. The second-order valence-electron chi connectivity index (χ2n) is 5.09. The topological polar surface area (TPSA) is 69.7 Å². The van der Waals surface area contributed by atoms with Crippen molar-refractivity contribution in [1.29, 1.82) is 0 Å². The molecule has 2 rings (SSSR count). The van der Waals surface area contributed by atoms with Gasteiger partial charge < -0.3 is 8.92 Å². The van der Waals surface area contributed by atoms with Crippen LogP contribution in [0.1, 0.15) is 15.9 Å². The summed E-state index contributed by atoms with van der Waals surface area (Å²) in [5.41, 5.74) is -3.23. The van der Waals surface area contributed by atoms with Crippen molar-refractivity contribution >= 4 is 16.1 Å². The first-order valence-electron chi connectivity index (χ1n) is 6.85. The Morgan fingerprint density at radius 2 is 1.60 bits per heavy atom. The Kier molecular flexibility index (Phi) is 5.07. The molecule has 0 fully saturated rings. The molecule has 0 atom stereocenters. The number of rotatable bonds is 4. The van der Waals surface area contributed by atoms with Crippen molar-refractivity contribution in [1.82, 2.24) is 0 Å². The summed E-state index contributed by atoms with van der Waals surface area (Å²) in [5, 5.41) is 0. The van der Waals surface area contributed by atoms with Crippen LogP contribution in [-0.4, -0.2) is 27.0 Å². The van der Waals surface area contributed by atoms with Crippen molar-refractivity contribution < 1.29 is 35.3 Å². The number of hydrogen-bond donors (Lipinski definition) is 0. The zero-order valence-electron chi connectivity index (χ0n) is 13.1. The molecule has 9 heteroatoms. The molecule has 0 unspecified atom stereocenters. The van der Waals surface area contributed by atoms with Crippen molar-refractivity contribution in [3.63, 3.8) is 0 Å². The highest BCUT2D eigenvalue weighted by Gasteiger charge is 2.48. The Bertz CT molecular complexity index is 887. The van der Waals surface area contributed by atoms with E-state index in [0.717, 1.165) is 17.7 Å². The quantitative estimate of drug-likeness (QED) is 0.464. The average Bonchev–Trinajstić information content (AvgIpc) is 2.52. The standard InChI is InChI=1S/C16H13F3O5S/c1-10-7-12(9-13(8-10)15(20)23-2)11-3-5-14(6-4-11)24-25(21,22)16(17,18)19/h3-9H,1-2H3. The van der Waals surface area contributed by atoms with E-state index in [9.17, 15) is 26.4 Å². The molecule has 0 aliphatic carbocycles. The molecule has 0 radical (unpaired) electrons. The fourth-order valence-electron chi connectivity index (χ4n) is 2.06. The van der Waals surface area contributed by atoms with Gasteiger partial charge >= 0.3 is 21.6 Å².